The Hall–Kier alpha value is -1.32. The van der Waals surface area contributed by atoms with Crippen molar-refractivity contribution in [2.24, 2.45) is 0 Å². The van der Waals surface area contributed by atoms with Crippen LogP contribution in [0.3, 0.4) is 0 Å². The lowest BCUT2D eigenvalue weighted by atomic mass is 9.87. The molecule has 0 saturated carbocycles. The number of alkyl halides is 2. The van der Waals surface area contributed by atoms with Gasteiger partial charge in [0.2, 0.25) is 0 Å². The SMILES string of the molecule is CC(C)(C)c1ccc(OCCF)c(OCCF)c1. The number of benzene rings is 1. The Morgan fingerprint density at radius 2 is 1.50 bits per heavy atom. The summed E-state index contributed by atoms with van der Waals surface area (Å²) in [5.74, 6) is 0.919. The Morgan fingerprint density at radius 1 is 0.944 bits per heavy atom. The first kappa shape index (κ1) is 14.7. The van der Waals surface area contributed by atoms with E-state index < -0.39 is 13.3 Å². The summed E-state index contributed by atoms with van der Waals surface area (Å²) in [5.41, 5.74) is 1.02. The van der Waals surface area contributed by atoms with Gasteiger partial charge in [0.1, 0.15) is 26.6 Å². The topological polar surface area (TPSA) is 18.5 Å². The highest BCUT2D eigenvalue weighted by Gasteiger charge is 2.16. The molecule has 102 valence electrons. The molecule has 0 saturated heterocycles. The van der Waals surface area contributed by atoms with Crippen LogP contribution in [0.1, 0.15) is 26.3 Å². The van der Waals surface area contributed by atoms with E-state index >= 15 is 0 Å². The Labute approximate surface area is 107 Å². The van der Waals surface area contributed by atoms with E-state index in [4.69, 9.17) is 9.47 Å². The molecule has 4 heteroatoms. The zero-order chi connectivity index (χ0) is 13.6. The van der Waals surface area contributed by atoms with Gasteiger partial charge in [-0.3, -0.25) is 0 Å². The third-order valence-corrected chi connectivity index (χ3v) is 2.48. The van der Waals surface area contributed by atoms with Crippen LogP contribution in [0.4, 0.5) is 8.78 Å². The number of halogens is 2. The molecule has 0 heterocycles. The van der Waals surface area contributed by atoms with Crippen molar-refractivity contribution in [2.45, 2.75) is 26.2 Å². The van der Waals surface area contributed by atoms with Gasteiger partial charge >= 0.3 is 0 Å². The minimum absolute atomic E-state index is 0.0269. The fourth-order valence-electron chi connectivity index (χ4n) is 1.50. The maximum absolute atomic E-state index is 12.2. The zero-order valence-electron chi connectivity index (χ0n) is 11.1. The van der Waals surface area contributed by atoms with E-state index in [-0.39, 0.29) is 18.6 Å². The third kappa shape index (κ3) is 4.17. The Bertz CT molecular complexity index is 373. The van der Waals surface area contributed by atoms with Crippen LogP contribution >= 0.6 is 0 Å². The van der Waals surface area contributed by atoms with Crippen LogP contribution in [0.5, 0.6) is 11.5 Å². The van der Waals surface area contributed by atoms with E-state index in [1.807, 2.05) is 12.1 Å². The van der Waals surface area contributed by atoms with Crippen molar-refractivity contribution in [1.82, 2.24) is 0 Å². The van der Waals surface area contributed by atoms with Gasteiger partial charge in [0.05, 0.1) is 0 Å². The summed E-state index contributed by atoms with van der Waals surface area (Å²) in [5, 5.41) is 0. The van der Waals surface area contributed by atoms with Gasteiger partial charge in [-0.15, -0.1) is 0 Å². The number of rotatable bonds is 6. The second-order valence-corrected chi connectivity index (χ2v) is 4.99. The fraction of sp³-hybridized carbons (Fsp3) is 0.571. The minimum atomic E-state index is -0.567. The molecule has 0 atom stereocenters. The molecule has 0 amide bonds. The van der Waals surface area contributed by atoms with Gasteiger partial charge in [0, 0.05) is 0 Å². The van der Waals surface area contributed by atoms with Crippen LogP contribution in [-0.4, -0.2) is 26.6 Å². The van der Waals surface area contributed by atoms with Crippen molar-refractivity contribution in [3.05, 3.63) is 23.8 Å². The summed E-state index contributed by atoms with van der Waals surface area (Å²) in [6.07, 6.45) is 0. The van der Waals surface area contributed by atoms with Crippen LogP contribution in [0.15, 0.2) is 18.2 Å². The van der Waals surface area contributed by atoms with Crippen molar-refractivity contribution in [2.75, 3.05) is 26.6 Å². The van der Waals surface area contributed by atoms with E-state index in [0.717, 1.165) is 5.56 Å². The molecule has 0 bridgehead atoms. The van der Waals surface area contributed by atoms with E-state index in [1.165, 1.54) is 0 Å². The molecule has 18 heavy (non-hydrogen) atoms. The van der Waals surface area contributed by atoms with Gasteiger partial charge < -0.3 is 9.47 Å². The largest absolute Gasteiger partial charge is 0.487 e. The summed E-state index contributed by atoms with van der Waals surface area (Å²) in [4.78, 5) is 0. The summed E-state index contributed by atoms with van der Waals surface area (Å²) >= 11 is 0. The lowest BCUT2D eigenvalue weighted by Crippen LogP contribution is -2.12. The predicted octanol–water partition coefficient (Wildman–Crippen LogP) is 3.68. The first-order valence-electron chi connectivity index (χ1n) is 6.01. The van der Waals surface area contributed by atoms with Crippen LogP contribution in [-0.2, 0) is 5.41 Å². The number of hydrogen-bond donors (Lipinski definition) is 0. The summed E-state index contributed by atoms with van der Waals surface area (Å²) in [7, 11) is 0. The van der Waals surface area contributed by atoms with Gasteiger partial charge in [-0.05, 0) is 23.1 Å². The lowest BCUT2D eigenvalue weighted by Gasteiger charge is -2.21. The highest BCUT2D eigenvalue weighted by molar-refractivity contribution is 5.44. The Kier molecular flexibility index (Phi) is 5.38. The maximum Gasteiger partial charge on any atom is 0.161 e. The van der Waals surface area contributed by atoms with E-state index in [1.54, 1.807) is 6.07 Å². The highest BCUT2D eigenvalue weighted by atomic mass is 19.1. The molecular formula is C14H20F2O2. The maximum atomic E-state index is 12.2. The van der Waals surface area contributed by atoms with Gasteiger partial charge in [-0.25, -0.2) is 8.78 Å². The third-order valence-electron chi connectivity index (χ3n) is 2.48. The van der Waals surface area contributed by atoms with Crippen molar-refractivity contribution in [3.8, 4) is 11.5 Å². The van der Waals surface area contributed by atoms with Crippen molar-refractivity contribution >= 4 is 0 Å². The lowest BCUT2D eigenvalue weighted by molar-refractivity contribution is 0.234. The van der Waals surface area contributed by atoms with Gasteiger partial charge in [-0.2, -0.15) is 0 Å². The van der Waals surface area contributed by atoms with Crippen molar-refractivity contribution in [3.63, 3.8) is 0 Å². The molecule has 0 N–H and O–H groups in total. The van der Waals surface area contributed by atoms with Crippen LogP contribution < -0.4 is 9.47 Å². The van der Waals surface area contributed by atoms with Gasteiger partial charge in [0.25, 0.3) is 0 Å². The first-order valence-corrected chi connectivity index (χ1v) is 6.01. The minimum Gasteiger partial charge on any atom is -0.487 e. The molecule has 1 aromatic carbocycles. The summed E-state index contributed by atoms with van der Waals surface area (Å²) in [6, 6.07) is 5.48. The van der Waals surface area contributed by atoms with E-state index in [9.17, 15) is 8.78 Å². The summed E-state index contributed by atoms with van der Waals surface area (Å²) in [6.45, 7) is 5.03. The molecule has 0 radical (unpaired) electrons. The number of hydrogen-bond acceptors (Lipinski definition) is 2. The van der Waals surface area contributed by atoms with E-state index in [2.05, 4.69) is 20.8 Å². The van der Waals surface area contributed by atoms with Gasteiger partial charge in [-0.1, -0.05) is 26.8 Å². The first-order chi connectivity index (χ1) is 8.49. The molecule has 0 aromatic heterocycles. The molecule has 2 nitrogen and oxygen atoms in total. The van der Waals surface area contributed by atoms with Gasteiger partial charge in [0.15, 0.2) is 11.5 Å². The standard InChI is InChI=1S/C14H20F2O2/c1-14(2,3)11-4-5-12(17-8-6-15)13(10-11)18-9-7-16/h4-5,10H,6-9H2,1-3H3. The fourth-order valence-corrected chi connectivity index (χ4v) is 1.50. The second kappa shape index (κ2) is 6.57. The van der Waals surface area contributed by atoms with Crippen molar-refractivity contribution < 1.29 is 18.3 Å². The van der Waals surface area contributed by atoms with Crippen LogP contribution in [0.2, 0.25) is 0 Å². The monoisotopic (exact) mass is 258 g/mol. The molecule has 0 spiro atoms. The molecule has 0 aliphatic carbocycles. The molecule has 0 unspecified atom stereocenters. The predicted molar refractivity (Wildman–Crippen MR) is 68.1 cm³/mol. The molecule has 0 fully saturated rings. The van der Waals surface area contributed by atoms with Crippen molar-refractivity contribution in [1.29, 1.82) is 0 Å². The Balaban J connectivity index is 2.96. The van der Waals surface area contributed by atoms with Crippen LogP contribution in [0.25, 0.3) is 0 Å². The zero-order valence-corrected chi connectivity index (χ0v) is 11.1. The average Bonchev–Trinajstić information content (AvgIpc) is 2.33. The smallest absolute Gasteiger partial charge is 0.161 e. The molecule has 1 rings (SSSR count). The summed E-state index contributed by atoms with van der Waals surface area (Å²) < 4.78 is 34.8. The number of ether oxygens (including phenoxy) is 2. The van der Waals surface area contributed by atoms with Crippen LogP contribution in [0, 0.1) is 0 Å². The molecule has 0 aliphatic heterocycles. The normalized spacial score (nSPS) is 11.4. The quantitative estimate of drug-likeness (QED) is 0.775. The average molecular weight is 258 g/mol. The molecule has 0 aliphatic rings. The highest BCUT2D eigenvalue weighted by Crippen LogP contribution is 2.33. The molecule has 1 aromatic rings. The van der Waals surface area contributed by atoms with E-state index in [0.29, 0.717) is 11.5 Å². The molecular weight excluding hydrogens is 238 g/mol. The Morgan fingerprint density at radius 3 is 2.00 bits per heavy atom. The second-order valence-electron chi connectivity index (χ2n) is 4.99.